The van der Waals surface area contributed by atoms with Gasteiger partial charge in [-0.25, -0.2) is 0 Å². The maximum Gasteiger partial charge on any atom is 0.108 e. The summed E-state index contributed by atoms with van der Waals surface area (Å²) in [5.41, 5.74) is 0. The van der Waals surface area contributed by atoms with Crippen LogP contribution < -0.4 is 0 Å². The van der Waals surface area contributed by atoms with Crippen LogP contribution in [0.4, 0.5) is 0 Å². The number of hydrogen-bond acceptors (Lipinski definition) is 5. The van der Waals surface area contributed by atoms with Gasteiger partial charge in [0.1, 0.15) is 6.10 Å². The second-order valence-corrected chi connectivity index (χ2v) is 7.89. The van der Waals surface area contributed by atoms with E-state index in [9.17, 15) is 15.3 Å². The van der Waals surface area contributed by atoms with Gasteiger partial charge in [0.2, 0.25) is 0 Å². The highest BCUT2D eigenvalue weighted by molar-refractivity contribution is 4.96. The minimum absolute atomic E-state index is 0.0824. The van der Waals surface area contributed by atoms with Gasteiger partial charge in [0, 0.05) is 38.3 Å². The Morgan fingerprint density at radius 2 is 1.59 bits per heavy atom. The third-order valence-electron chi connectivity index (χ3n) is 6.25. The van der Waals surface area contributed by atoms with Crippen LogP contribution in [0.1, 0.15) is 39.5 Å². The van der Waals surface area contributed by atoms with Gasteiger partial charge in [0.15, 0.2) is 0 Å². The molecule has 0 aromatic rings. The van der Waals surface area contributed by atoms with Gasteiger partial charge in [-0.15, -0.1) is 0 Å². The van der Waals surface area contributed by atoms with Gasteiger partial charge in [0.05, 0.1) is 12.2 Å². The molecule has 0 aromatic carbocycles. The lowest BCUT2D eigenvalue weighted by Gasteiger charge is -2.51. The quantitative estimate of drug-likeness (QED) is 0.699. The first kappa shape index (κ1) is 16.7. The van der Waals surface area contributed by atoms with Crippen molar-refractivity contribution >= 4 is 0 Å². The molecule has 1 aliphatic carbocycles. The van der Waals surface area contributed by atoms with Crippen LogP contribution in [0, 0.1) is 11.8 Å². The molecule has 3 fully saturated rings. The van der Waals surface area contributed by atoms with E-state index in [-0.39, 0.29) is 6.04 Å². The van der Waals surface area contributed by atoms with Gasteiger partial charge in [-0.05, 0) is 31.6 Å². The van der Waals surface area contributed by atoms with Gasteiger partial charge < -0.3 is 15.3 Å². The molecule has 3 rings (SSSR count). The van der Waals surface area contributed by atoms with Crippen molar-refractivity contribution < 1.29 is 15.3 Å². The molecule has 0 spiro atoms. The molecule has 5 heteroatoms. The number of nitrogens with zero attached hydrogens (tertiary/aromatic N) is 2. The monoisotopic (exact) mass is 312 g/mol. The average Bonchev–Trinajstić information content (AvgIpc) is 2.46. The van der Waals surface area contributed by atoms with Crippen molar-refractivity contribution in [2.24, 2.45) is 11.8 Å². The molecule has 0 unspecified atom stereocenters. The summed E-state index contributed by atoms with van der Waals surface area (Å²) in [4.78, 5) is 4.78. The third kappa shape index (κ3) is 3.20. The Hall–Kier alpha value is -0.200. The standard InChI is InChI=1S/C17H32N2O3/c1-11-5-3-4-6-14(11)19-8-13(9-19)7-18-10-15(20)17(22)16(21)12(18)2/h11-17,20-22H,3-10H2,1-2H3/t11-,12-,14+,15+,16-,17-/m1/s1. The molecule has 0 amide bonds. The normalized spacial score (nSPS) is 45.7. The summed E-state index contributed by atoms with van der Waals surface area (Å²) in [5.74, 6) is 1.45. The fourth-order valence-electron chi connectivity index (χ4n) is 4.65. The number of likely N-dealkylation sites (tertiary alicyclic amines) is 2. The number of β-amino-alcohol motifs (C(OH)–C–C–N with tert-alkyl or cyclic N) is 1. The Kier molecular flexibility index (Phi) is 5.10. The minimum Gasteiger partial charge on any atom is -0.389 e. The number of hydrogen-bond donors (Lipinski definition) is 3. The zero-order chi connectivity index (χ0) is 15.9. The van der Waals surface area contributed by atoms with Crippen molar-refractivity contribution in [2.45, 2.75) is 69.9 Å². The summed E-state index contributed by atoms with van der Waals surface area (Å²) in [7, 11) is 0. The Labute approximate surface area is 133 Å². The van der Waals surface area contributed by atoms with Gasteiger partial charge in [-0.3, -0.25) is 9.80 Å². The second-order valence-electron chi connectivity index (χ2n) is 7.89. The molecule has 2 saturated heterocycles. The molecule has 0 aromatic heterocycles. The van der Waals surface area contributed by atoms with Gasteiger partial charge in [-0.1, -0.05) is 19.8 Å². The lowest BCUT2D eigenvalue weighted by atomic mass is 9.81. The average molecular weight is 312 g/mol. The molecule has 3 aliphatic rings. The van der Waals surface area contributed by atoms with Crippen LogP contribution in [0.5, 0.6) is 0 Å². The number of rotatable bonds is 3. The number of aliphatic hydroxyl groups is 3. The summed E-state index contributed by atoms with van der Waals surface area (Å²) in [6.07, 6.45) is 2.78. The zero-order valence-electron chi connectivity index (χ0n) is 13.9. The molecule has 0 radical (unpaired) electrons. The molecule has 22 heavy (non-hydrogen) atoms. The van der Waals surface area contributed by atoms with Crippen molar-refractivity contribution in [3.05, 3.63) is 0 Å². The summed E-state index contributed by atoms with van der Waals surface area (Å²) in [5, 5.41) is 29.6. The predicted octanol–water partition coefficient (Wildman–Crippen LogP) is 0.284. The van der Waals surface area contributed by atoms with E-state index in [2.05, 4.69) is 16.7 Å². The Morgan fingerprint density at radius 1 is 0.909 bits per heavy atom. The molecule has 2 aliphatic heterocycles. The third-order valence-corrected chi connectivity index (χ3v) is 6.25. The van der Waals surface area contributed by atoms with Crippen LogP contribution in [-0.2, 0) is 0 Å². The molecule has 0 bridgehead atoms. The second kappa shape index (κ2) is 6.73. The number of aliphatic hydroxyl groups excluding tert-OH is 3. The predicted molar refractivity (Wildman–Crippen MR) is 85.5 cm³/mol. The molecule has 1 saturated carbocycles. The van der Waals surface area contributed by atoms with E-state index in [1.807, 2.05) is 6.92 Å². The minimum atomic E-state index is -1.01. The van der Waals surface area contributed by atoms with E-state index in [1.165, 1.54) is 25.7 Å². The Bertz CT molecular complexity index is 375. The Morgan fingerprint density at radius 3 is 2.27 bits per heavy atom. The van der Waals surface area contributed by atoms with E-state index in [0.717, 1.165) is 31.6 Å². The van der Waals surface area contributed by atoms with Gasteiger partial charge in [-0.2, -0.15) is 0 Å². The molecule has 128 valence electrons. The van der Waals surface area contributed by atoms with Gasteiger partial charge >= 0.3 is 0 Å². The largest absolute Gasteiger partial charge is 0.389 e. The highest BCUT2D eigenvalue weighted by Crippen LogP contribution is 2.33. The van der Waals surface area contributed by atoms with Crippen molar-refractivity contribution in [1.82, 2.24) is 9.80 Å². The highest BCUT2D eigenvalue weighted by Gasteiger charge is 2.42. The first-order chi connectivity index (χ1) is 10.5. The van der Waals surface area contributed by atoms with E-state index in [4.69, 9.17) is 0 Å². The van der Waals surface area contributed by atoms with Crippen LogP contribution in [0.15, 0.2) is 0 Å². The molecular formula is C17H32N2O3. The maximum absolute atomic E-state index is 10.0. The van der Waals surface area contributed by atoms with E-state index in [0.29, 0.717) is 12.5 Å². The van der Waals surface area contributed by atoms with Gasteiger partial charge in [0.25, 0.3) is 0 Å². The van der Waals surface area contributed by atoms with E-state index in [1.54, 1.807) is 0 Å². The van der Waals surface area contributed by atoms with Crippen molar-refractivity contribution in [3.63, 3.8) is 0 Å². The van der Waals surface area contributed by atoms with Crippen molar-refractivity contribution in [2.75, 3.05) is 26.2 Å². The summed E-state index contributed by atoms with van der Waals surface area (Å²) < 4.78 is 0. The smallest absolute Gasteiger partial charge is 0.108 e. The summed E-state index contributed by atoms with van der Waals surface area (Å²) in [6.45, 7) is 8.01. The molecular weight excluding hydrogens is 280 g/mol. The van der Waals surface area contributed by atoms with E-state index >= 15 is 0 Å². The molecule has 5 nitrogen and oxygen atoms in total. The Balaban J connectivity index is 1.47. The topological polar surface area (TPSA) is 67.2 Å². The summed E-state index contributed by atoms with van der Waals surface area (Å²) in [6, 6.07) is 0.683. The summed E-state index contributed by atoms with van der Waals surface area (Å²) >= 11 is 0. The molecule has 6 atom stereocenters. The first-order valence-corrected chi connectivity index (χ1v) is 8.99. The van der Waals surface area contributed by atoms with Crippen LogP contribution >= 0.6 is 0 Å². The van der Waals surface area contributed by atoms with Crippen molar-refractivity contribution in [3.8, 4) is 0 Å². The first-order valence-electron chi connectivity index (χ1n) is 8.99. The molecule has 3 N–H and O–H groups in total. The lowest BCUT2D eigenvalue weighted by molar-refractivity contribution is -0.140. The fraction of sp³-hybridized carbons (Fsp3) is 1.00. The van der Waals surface area contributed by atoms with Crippen LogP contribution in [0.2, 0.25) is 0 Å². The van der Waals surface area contributed by atoms with Crippen LogP contribution in [0.3, 0.4) is 0 Å². The molecule has 2 heterocycles. The van der Waals surface area contributed by atoms with Crippen LogP contribution in [-0.4, -0.2) is 81.7 Å². The fourth-order valence-corrected chi connectivity index (χ4v) is 4.65. The van der Waals surface area contributed by atoms with E-state index < -0.39 is 18.3 Å². The zero-order valence-corrected chi connectivity index (χ0v) is 13.9. The highest BCUT2D eigenvalue weighted by atomic mass is 16.4. The lowest BCUT2D eigenvalue weighted by Crippen LogP contribution is -2.64. The van der Waals surface area contributed by atoms with Crippen LogP contribution in [0.25, 0.3) is 0 Å². The maximum atomic E-state index is 10.0. The number of piperidine rings is 1. The van der Waals surface area contributed by atoms with Crippen molar-refractivity contribution in [1.29, 1.82) is 0 Å². The SMILES string of the molecule is C[C@@H]1CCCC[C@@H]1N1CC(CN2C[C@H](O)[C@@H](O)[C@H](O)[C@H]2C)C1.